The molecule has 0 spiro atoms. The van der Waals surface area contributed by atoms with Crippen LogP contribution in [0.3, 0.4) is 0 Å². The van der Waals surface area contributed by atoms with Crippen molar-refractivity contribution in [3.05, 3.63) is 11.8 Å². The quantitative estimate of drug-likeness (QED) is 0.507. The number of nitrogens with one attached hydrogen (secondary N) is 1. The molecule has 0 bridgehead atoms. The molecule has 1 aromatic heterocycles. The number of aromatic nitrogens is 2. The Balaban J connectivity index is 2.92. The lowest BCUT2D eigenvalue weighted by molar-refractivity contribution is 0.392. The zero-order valence-electron chi connectivity index (χ0n) is 10.0. The van der Waals surface area contributed by atoms with Crippen molar-refractivity contribution in [2.45, 2.75) is 45.6 Å². The van der Waals surface area contributed by atoms with Gasteiger partial charge in [0, 0.05) is 6.20 Å². The Kier molecular flexibility index (Phi) is 4.34. The van der Waals surface area contributed by atoms with Crippen LogP contribution < -0.4 is 11.5 Å². The van der Waals surface area contributed by atoms with E-state index in [0.29, 0.717) is 17.4 Å². The van der Waals surface area contributed by atoms with E-state index in [1.54, 1.807) is 6.20 Å². The van der Waals surface area contributed by atoms with Gasteiger partial charge in [0.2, 0.25) is 0 Å². The molecule has 1 rings (SSSR count). The molecule has 1 heterocycles. The van der Waals surface area contributed by atoms with Crippen LogP contribution in [0.1, 0.15) is 51.1 Å². The van der Waals surface area contributed by atoms with E-state index in [9.17, 15) is 0 Å². The molecule has 0 saturated carbocycles. The molecule has 90 valence electrons. The summed E-state index contributed by atoms with van der Waals surface area (Å²) in [7, 11) is 0. The first kappa shape index (κ1) is 12.5. The first-order chi connectivity index (χ1) is 7.60. The Labute approximate surface area is 96.3 Å². The molecule has 1 aromatic rings. The number of nitrogens with two attached hydrogens (primary N) is 2. The minimum Gasteiger partial charge on any atom is -0.384 e. The Morgan fingerprint density at radius 3 is 2.38 bits per heavy atom. The van der Waals surface area contributed by atoms with Gasteiger partial charge < -0.3 is 11.5 Å². The summed E-state index contributed by atoms with van der Waals surface area (Å²) in [6, 6.07) is 0.366. The SMILES string of the molecule is CCCC(CCC)n1cc(C(=N)N)c(N)n1. The van der Waals surface area contributed by atoms with Gasteiger partial charge in [0.1, 0.15) is 5.84 Å². The molecule has 0 saturated heterocycles. The molecule has 5 N–H and O–H groups in total. The average molecular weight is 223 g/mol. The molecule has 0 amide bonds. The summed E-state index contributed by atoms with van der Waals surface area (Å²) in [5, 5.41) is 11.6. The number of nitrogens with zero attached hydrogens (tertiary/aromatic N) is 2. The lowest BCUT2D eigenvalue weighted by Gasteiger charge is -2.15. The Morgan fingerprint density at radius 1 is 1.44 bits per heavy atom. The molecule has 5 heteroatoms. The molecule has 16 heavy (non-hydrogen) atoms. The summed E-state index contributed by atoms with van der Waals surface area (Å²) < 4.78 is 1.86. The van der Waals surface area contributed by atoms with Gasteiger partial charge in [-0.05, 0) is 12.8 Å². The smallest absolute Gasteiger partial charge is 0.156 e. The highest BCUT2D eigenvalue weighted by Gasteiger charge is 2.14. The Hall–Kier alpha value is -1.52. The highest BCUT2D eigenvalue weighted by Crippen LogP contribution is 2.21. The topological polar surface area (TPSA) is 93.7 Å². The van der Waals surface area contributed by atoms with Crippen molar-refractivity contribution in [3.63, 3.8) is 0 Å². The lowest BCUT2D eigenvalue weighted by atomic mass is 10.1. The van der Waals surface area contributed by atoms with Crippen molar-refractivity contribution < 1.29 is 0 Å². The molecule has 0 radical (unpaired) electrons. The molecular formula is C11H21N5. The van der Waals surface area contributed by atoms with Gasteiger partial charge in [0.15, 0.2) is 5.82 Å². The summed E-state index contributed by atoms with van der Waals surface area (Å²) in [4.78, 5) is 0. The molecule has 0 atom stereocenters. The van der Waals surface area contributed by atoms with Gasteiger partial charge in [-0.15, -0.1) is 0 Å². The maximum atomic E-state index is 7.38. The largest absolute Gasteiger partial charge is 0.384 e. The second kappa shape index (κ2) is 5.53. The maximum absolute atomic E-state index is 7.38. The zero-order valence-corrected chi connectivity index (χ0v) is 10.0. The summed E-state index contributed by atoms with van der Waals surface area (Å²) in [6.07, 6.45) is 6.16. The third-order valence-electron chi connectivity index (χ3n) is 2.67. The van der Waals surface area contributed by atoms with Gasteiger partial charge >= 0.3 is 0 Å². The number of hydrogen-bond acceptors (Lipinski definition) is 3. The molecule has 0 aliphatic heterocycles. The Morgan fingerprint density at radius 2 is 2.00 bits per heavy atom. The van der Waals surface area contributed by atoms with Gasteiger partial charge in [-0.25, -0.2) is 0 Å². The second-order valence-electron chi connectivity index (χ2n) is 4.05. The fraction of sp³-hybridized carbons (Fsp3) is 0.636. The number of anilines is 1. The molecule has 0 fully saturated rings. The monoisotopic (exact) mass is 223 g/mol. The fourth-order valence-electron chi connectivity index (χ4n) is 1.88. The van der Waals surface area contributed by atoms with E-state index in [1.165, 1.54) is 0 Å². The minimum atomic E-state index is -0.0181. The van der Waals surface area contributed by atoms with Crippen molar-refractivity contribution in [1.82, 2.24) is 9.78 Å². The van der Waals surface area contributed by atoms with Gasteiger partial charge in [-0.2, -0.15) is 5.10 Å². The predicted molar refractivity (Wildman–Crippen MR) is 66.5 cm³/mol. The summed E-state index contributed by atoms with van der Waals surface area (Å²) >= 11 is 0. The number of hydrogen-bond donors (Lipinski definition) is 3. The van der Waals surface area contributed by atoms with Crippen molar-refractivity contribution in [2.75, 3.05) is 5.73 Å². The number of rotatable bonds is 6. The summed E-state index contributed by atoms with van der Waals surface area (Å²) in [6.45, 7) is 4.31. The molecule has 0 aromatic carbocycles. The summed E-state index contributed by atoms with van der Waals surface area (Å²) in [5.41, 5.74) is 11.7. The van der Waals surface area contributed by atoms with E-state index < -0.39 is 0 Å². The van der Waals surface area contributed by atoms with E-state index in [0.717, 1.165) is 25.7 Å². The van der Waals surface area contributed by atoms with Crippen LogP contribution >= 0.6 is 0 Å². The van der Waals surface area contributed by atoms with E-state index >= 15 is 0 Å². The zero-order chi connectivity index (χ0) is 12.1. The van der Waals surface area contributed by atoms with Gasteiger partial charge in [0.25, 0.3) is 0 Å². The highest BCUT2D eigenvalue weighted by molar-refractivity contribution is 5.98. The van der Waals surface area contributed by atoms with Crippen molar-refractivity contribution in [1.29, 1.82) is 5.41 Å². The molecule has 0 unspecified atom stereocenters. The molecule has 0 aliphatic carbocycles. The third-order valence-corrected chi connectivity index (χ3v) is 2.67. The van der Waals surface area contributed by atoms with Crippen LogP contribution in [0.4, 0.5) is 5.82 Å². The highest BCUT2D eigenvalue weighted by atomic mass is 15.3. The molecular weight excluding hydrogens is 202 g/mol. The summed E-state index contributed by atoms with van der Waals surface area (Å²) in [5.74, 6) is 0.334. The van der Waals surface area contributed by atoms with Gasteiger partial charge in [-0.3, -0.25) is 10.1 Å². The van der Waals surface area contributed by atoms with Crippen LogP contribution in [-0.2, 0) is 0 Å². The van der Waals surface area contributed by atoms with E-state index in [2.05, 4.69) is 18.9 Å². The van der Waals surface area contributed by atoms with E-state index in [-0.39, 0.29) is 5.84 Å². The van der Waals surface area contributed by atoms with Crippen LogP contribution in [-0.4, -0.2) is 15.6 Å². The van der Waals surface area contributed by atoms with Crippen LogP contribution in [0.15, 0.2) is 6.20 Å². The first-order valence-electron chi connectivity index (χ1n) is 5.79. The lowest BCUT2D eigenvalue weighted by Crippen LogP contribution is -2.12. The van der Waals surface area contributed by atoms with Crippen LogP contribution in [0.5, 0.6) is 0 Å². The third kappa shape index (κ3) is 2.74. The minimum absolute atomic E-state index is 0.0181. The van der Waals surface area contributed by atoms with E-state index in [1.807, 2.05) is 4.68 Å². The van der Waals surface area contributed by atoms with Crippen molar-refractivity contribution in [3.8, 4) is 0 Å². The predicted octanol–water partition coefficient (Wildman–Crippen LogP) is 1.89. The standard InChI is InChI=1S/C11H21N5/c1-3-5-8(6-4-2)16-7-9(10(12)13)11(14)15-16/h7-8H,3-6H2,1-2H3,(H3,12,13)(H2,14,15). The first-order valence-corrected chi connectivity index (χ1v) is 5.79. The molecule has 0 aliphatic rings. The van der Waals surface area contributed by atoms with Crippen molar-refractivity contribution >= 4 is 11.7 Å². The maximum Gasteiger partial charge on any atom is 0.156 e. The van der Waals surface area contributed by atoms with Crippen molar-refractivity contribution in [2.24, 2.45) is 5.73 Å². The average Bonchev–Trinajstić information content (AvgIpc) is 2.60. The normalized spacial score (nSPS) is 10.9. The van der Waals surface area contributed by atoms with Crippen LogP contribution in [0.2, 0.25) is 0 Å². The van der Waals surface area contributed by atoms with Crippen LogP contribution in [0.25, 0.3) is 0 Å². The van der Waals surface area contributed by atoms with Crippen LogP contribution in [0, 0.1) is 5.41 Å². The van der Waals surface area contributed by atoms with Gasteiger partial charge in [-0.1, -0.05) is 26.7 Å². The Bertz CT molecular complexity index is 349. The van der Waals surface area contributed by atoms with Gasteiger partial charge in [0.05, 0.1) is 11.6 Å². The second-order valence-corrected chi connectivity index (χ2v) is 4.05. The fourth-order valence-corrected chi connectivity index (χ4v) is 1.88. The number of nitrogen functional groups attached to an aromatic ring is 2. The molecule has 5 nitrogen and oxygen atoms in total. The van der Waals surface area contributed by atoms with E-state index in [4.69, 9.17) is 16.9 Å². The number of amidine groups is 1.